The Morgan fingerprint density at radius 3 is 2.41 bits per heavy atom. The second kappa shape index (κ2) is 7.92. The minimum atomic E-state index is -4.51. The third kappa shape index (κ3) is 4.74. The summed E-state index contributed by atoms with van der Waals surface area (Å²) in [4.78, 5) is 12.2. The molecule has 0 radical (unpaired) electrons. The highest BCUT2D eigenvalue weighted by Crippen LogP contribution is 2.34. The third-order valence-corrected chi connectivity index (χ3v) is 4.92. The normalized spacial score (nSPS) is 11.5. The first-order valence-corrected chi connectivity index (χ1v) is 9.04. The van der Waals surface area contributed by atoms with Gasteiger partial charge in [-0.15, -0.1) is 11.8 Å². The molecule has 27 heavy (non-hydrogen) atoms. The van der Waals surface area contributed by atoms with Gasteiger partial charge in [0.05, 0.1) is 5.56 Å². The Balaban J connectivity index is 1.80. The maximum absolute atomic E-state index is 12.8. The van der Waals surface area contributed by atoms with Crippen molar-refractivity contribution in [3.05, 3.63) is 82.2 Å². The lowest BCUT2D eigenvalue weighted by Crippen LogP contribution is -2.06. The first-order chi connectivity index (χ1) is 12.8. The van der Waals surface area contributed by atoms with Crippen LogP contribution in [0.25, 0.3) is 11.3 Å². The van der Waals surface area contributed by atoms with Gasteiger partial charge in [0.2, 0.25) is 0 Å². The van der Waals surface area contributed by atoms with E-state index in [1.54, 1.807) is 0 Å². The molecule has 3 aromatic rings. The quantitative estimate of drug-likeness (QED) is 0.594. The van der Waals surface area contributed by atoms with Crippen molar-refractivity contribution < 1.29 is 22.7 Å². The standard InChI is InChI=1S/C20H15F3O3S/c21-20(22,23)15-8-4-7-14(11-15)17-12-16(24)18(19(25)26-17)27-10-9-13-5-2-1-3-6-13/h1-8,11-12,24H,9-10H2. The molecule has 0 saturated heterocycles. The van der Waals surface area contributed by atoms with Gasteiger partial charge in [0, 0.05) is 17.4 Å². The van der Waals surface area contributed by atoms with Gasteiger partial charge in [0.15, 0.2) is 0 Å². The van der Waals surface area contributed by atoms with Gasteiger partial charge in [-0.25, -0.2) is 4.79 Å². The van der Waals surface area contributed by atoms with Gasteiger partial charge in [0.1, 0.15) is 16.4 Å². The van der Waals surface area contributed by atoms with Crippen molar-refractivity contribution in [3.8, 4) is 17.1 Å². The zero-order valence-electron chi connectivity index (χ0n) is 14.0. The largest absolute Gasteiger partial charge is 0.506 e. The van der Waals surface area contributed by atoms with E-state index in [0.717, 1.165) is 29.5 Å². The van der Waals surface area contributed by atoms with Crippen molar-refractivity contribution in [2.24, 2.45) is 0 Å². The highest BCUT2D eigenvalue weighted by atomic mass is 32.2. The molecule has 0 bridgehead atoms. The number of halogens is 3. The Labute approximate surface area is 157 Å². The third-order valence-electron chi connectivity index (χ3n) is 3.84. The van der Waals surface area contributed by atoms with Crippen molar-refractivity contribution in [1.29, 1.82) is 0 Å². The monoisotopic (exact) mass is 392 g/mol. The Kier molecular flexibility index (Phi) is 5.60. The summed E-state index contributed by atoms with van der Waals surface area (Å²) >= 11 is 1.14. The molecule has 0 spiro atoms. The van der Waals surface area contributed by atoms with E-state index in [1.807, 2.05) is 30.3 Å². The van der Waals surface area contributed by atoms with Crippen molar-refractivity contribution in [2.45, 2.75) is 17.5 Å². The zero-order valence-corrected chi connectivity index (χ0v) is 14.8. The molecular formula is C20H15F3O3S. The second-order valence-electron chi connectivity index (χ2n) is 5.78. The molecule has 0 aliphatic heterocycles. The number of hydrogen-bond donors (Lipinski definition) is 1. The summed E-state index contributed by atoms with van der Waals surface area (Å²) in [5, 5.41) is 10.2. The van der Waals surface area contributed by atoms with Crippen molar-refractivity contribution in [1.82, 2.24) is 0 Å². The lowest BCUT2D eigenvalue weighted by molar-refractivity contribution is -0.137. The van der Waals surface area contributed by atoms with E-state index >= 15 is 0 Å². The molecule has 3 rings (SSSR count). The lowest BCUT2D eigenvalue weighted by Gasteiger charge is -2.09. The number of benzene rings is 2. The number of thioether (sulfide) groups is 1. The van der Waals surface area contributed by atoms with Gasteiger partial charge in [-0.3, -0.25) is 0 Å². The summed E-state index contributed by atoms with van der Waals surface area (Å²) in [5.74, 6) is 0.123. The molecule has 0 aliphatic carbocycles. The summed E-state index contributed by atoms with van der Waals surface area (Å²) in [6, 6.07) is 15.2. The Bertz CT molecular complexity index is 982. The first-order valence-electron chi connectivity index (χ1n) is 8.06. The summed E-state index contributed by atoms with van der Waals surface area (Å²) in [6.45, 7) is 0. The van der Waals surface area contributed by atoms with Crippen molar-refractivity contribution >= 4 is 11.8 Å². The van der Waals surface area contributed by atoms with Gasteiger partial charge in [-0.05, 0) is 24.1 Å². The molecule has 0 fully saturated rings. The van der Waals surface area contributed by atoms with Gasteiger partial charge >= 0.3 is 11.8 Å². The van der Waals surface area contributed by atoms with Gasteiger partial charge < -0.3 is 9.52 Å². The van der Waals surface area contributed by atoms with E-state index in [0.29, 0.717) is 12.2 Å². The molecular weight excluding hydrogens is 377 g/mol. The SMILES string of the molecule is O=c1oc(-c2cccc(C(F)(F)F)c2)cc(O)c1SCCc1ccccc1. The Morgan fingerprint density at radius 2 is 1.74 bits per heavy atom. The van der Waals surface area contributed by atoms with Crippen molar-refractivity contribution in [3.63, 3.8) is 0 Å². The van der Waals surface area contributed by atoms with Gasteiger partial charge in [-0.2, -0.15) is 13.2 Å². The molecule has 0 atom stereocenters. The van der Waals surface area contributed by atoms with Crippen LogP contribution in [-0.4, -0.2) is 10.9 Å². The topological polar surface area (TPSA) is 50.4 Å². The van der Waals surface area contributed by atoms with E-state index in [9.17, 15) is 23.1 Å². The molecule has 3 nitrogen and oxygen atoms in total. The molecule has 7 heteroatoms. The molecule has 1 aromatic heterocycles. The van der Waals surface area contributed by atoms with E-state index < -0.39 is 17.4 Å². The van der Waals surface area contributed by atoms with Gasteiger partial charge in [0.25, 0.3) is 0 Å². The molecule has 2 aromatic carbocycles. The minimum Gasteiger partial charge on any atom is -0.506 e. The molecule has 0 saturated carbocycles. The average Bonchev–Trinajstić information content (AvgIpc) is 2.64. The smallest absolute Gasteiger partial charge is 0.416 e. The molecule has 0 unspecified atom stereocenters. The molecule has 140 valence electrons. The fraction of sp³-hybridized carbons (Fsp3) is 0.150. The van der Waals surface area contributed by atoms with Crippen LogP contribution in [0.5, 0.6) is 5.75 Å². The van der Waals surface area contributed by atoms with Crippen LogP contribution in [0.2, 0.25) is 0 Å². The number of alkyl halides is 3. The van der Waals surface area contributed by atoms with Crippen LogP contribution in [0.15, 0.2) is 74.8 Å². The summed E-state index contributed by atoms with van der Waals surface area (Å²) < 4.78 is 43.7. The summed E-state index contributed by atoms with van der Waals surface area (Å²) in [7, 11) is 0. The maximum atomic E-state index is 12.8. The fourth-order valence-corrected chi connectivity index (χ4v) is 3.42. The predicted molar refractivity (Wildman–Crippen MR) is 98.0 cm³/mol. The minimum absolute atomic E-state index is 0.0432. The van der Waals surface area contributed by atoms with Crippen molar-refractivity contribution in [2.75, 3.05) is 5.75 Å². The predicted octanol–water partition coefficient (Wildman–Crippen LogP) is 5.37. The van der Waals surface area contributed by atoms with E-state index in [-0.39, 0.29) is 22.0 Å². The Hall–Kier alpha value is -2.67. The van der Waals surface area contributed by atoms with Crippen LogP contribution < -0.4 is 5.63 Å². The van der Waals surface area contributed by atoms with E-state index in [1.165, 1.54) is 18.2 Å². The first kappa shape index (κ1) is 19.1. The lowest BCUT2D eigenvalue weighted by atomic mass is 10.1. The van der Waals surface area contributed by atoms with Gasteiger partial charge in [-0.1, -0.05) is 42.5 Å². The van der Waals surface area contributed by atoms with E-state index in [4.69, 9.17) is 4.42 Å². The van der Waals surface area contributed by atoms with Crippen LogP contribution in [0, 0.1) is 0 Å². The molecule has 1 N–H and O–H groups in total. The second-order valence-corrected chi connectivity index (χ2v) is 6.88. The fourth-order valence-electron chi connectivity index (χ4n) is 2.51. The van der Waals surface area contributed by atoms with Crippen LogP contribution in [0.3, 0.4) is 0 Å². The zero-order chi connectivity index (χ0) is 19.4. The van der Waals surface area contributed by atoms with Crippen LogP contribution in [0.1, 0.15) is 11.1 Å². The maximum Gasteiger partial charge on any atom is 0.416 e. The molecule has 1 heterocycles. The number of rotatable bonds is 5. The number of aromatic hydroxyl groups is 1. The highest BCUT2D eigenvalue weighted by molar-refractivity contribution is 7.99. The van der Waals surface area contributed by atoms with Crippen LogP contribution >= 0.6 is 11.8 Å². The number of hydrogen-bond acceptors (Lipinski definition) is 4. The average molecular weight is 392 g/mol. The summed E-state index contributed by atoms with van der Waals surface area (Å²) in [5.41, 5.74) is -0.476. The van der Waals surface area contributed by atoms with E-state index in [2.05, 4.69) is 0 Å². The van der Waals surface area contributed by atoms with Crippen LogP contribution in [0.4, 0.5) is 13.2 Å². The molecule has 0 amide bonds. The summed E-state index contributed by atoms with van der Waals surface area (Å²) in [6.07, 6.45) is -3.81. The number of aryl methyl sites for hydroxylation is 1. The van der Waals surface area contributed by atoms with Crippen LogP contribution in [-0.2, 0) is 12.6 Å². The molecule has 0 aliphatic rings. The Morgan fingerprint density at radius 1 is 1.00 bits per heavy atom. The highest BCUT2D eigenvalue weighted by Gasteiger charge is 2.30.